The molecule has 1 aliphatic heterocycles. The van der Waals surface area contributed by atoms with Crippen molar-refractivity contribution in [1.82, 2.24) is 25.1 Å². The number of benzene rings is 2. The number of hydrogen-bond donors (Lipinski definition) is 0. The van der Waals surface area contributed by atoms with E-state index in [0.29, 0.717) is 29.4 Å². The summed E-state index contributed by atoms with van der Waals surface area (Å²) in [4.78, 5) is 15.9. The molecule has 1 fully saturated rings. The second kappa shape index (κ2) is 8.53. The Morgan fingerprint density at radius 1 is 1.13 bits per heavy atom. The molecule has 156 valence electrons. The van der Waals surface area contributed by atoms with Gasteiger partial charge in [0.2, 0.25) is 11.7 Å². The molecule has 10 heteroatoms. The molecule has 1 amide bonds. The molecule has 0 bridgehead atoms. The predicted molar refractivity (Wildman–Crippen MR) is 112 cm³/mol. The fourth-order valence-corrected chi connectivity index (χ4v) is 5.45. The number of aromatic nitrogens is 4. The highest BCUT2D eigenvalue weighted by Crippen LogP contribution is 2.24. The topological polar surface area (TPSA) is 98.1 Å². The molecule has 1 aromatic heterocycles. The highest BCUT2D eigenvalue weighted by Gasteiger charge is 2.35. The van der Waals surface area contributed by atoms with Crippen molar-refractivity contribution in [2.45, 2.75) is 25.6 Å². The molecule has 8 nitrogen and oxygen atoms in total. The van der Waals surface area contributed by atoms with Crippen molar-refractivity contribution in [3.8, 4) is 11.4 Å². The first-order valence-corrected chi connectivity index (χ1v) is 11.7. The summed E-state index contributed by atoms with van der Waals surface area (Å²) in [5.41, 5.74) is 1.55. The second-order valence-corrected chi connectivity index (χ2v) is 9.82. The molecule has 1 atom stereocenters. The van der Waals surface area contributed by atoms with Crippen LogP contribution < -0.4 is 0 Å². The lowest BCUT2D eigenvalue weighted by molar-refractivity contribution is -0.134. The van der Waals surface area contributed by atoms with Gasteiger partial charge in [-0.15, -0.1) is 10.2 Å². The smallest absolute Gasteiger partial charge is 0.246 e. The zero-order valence-electron chi connectivity index (χ0n) is 16.1. The van der Waals surface area contributed by atoms with Crippen molar-refractivity contribution in [2.24, 2.45) is 0 Å². The number of nitrogens with zero attached hydrogens (tertiary/aromatic N) is 5. The maximum Gasteiger partial charge on any atom is 0.246 e. The van der Waals surface area contributed by atoms with Crippen molar-refractivity contribution in [3.63, 3.8) is 0 Å². The molecule has 2 heterocycles. The first-order chi connectivity index (χ1) is 14.4. The van der Waals surface area contributed by atoms with Crippen LogP contribution in [0, 0.1) is 0 Å². The molecule has 3 aromatic rings. The number of tetrazole rings is 1. The van der Waals surface area contributed by atoms with Crippen molar-refractivity contribution in [3.05, 3.63) is 65.2 Å². The standard InChI is InChI=1S/C20H20ClN5O3S/c21-18-9-5-4-8-17(18)20-22-24-26(23-20)13-19(27)25(12-15-6-2-1-3-7-15)16-10-11-30(28,29)14-16/h1-9,16H,10-14H2/t16-/m0/s1. The molecule has 1 aliphatic rings. The van der Waals surface area contributed by atoms with Crippen LogP contribution in [0.5, 0.6) is 0 Å². The van der Waals surface area contributed by atoms with Crippen molar-refractivity contribution < 1.29 is 13.2 Å². The van der Waals surface area contributed by atoms with Gasteiger partial charge in [0.05, 0.1) is 16.5 Å². The lowest BCUT2D eigenvalue weighted by atomic mass is 10.1. The third kappa shape index (κ3) is 4.68. The number of carbonyl (C=O) groups is 1. The lowest BCUT2D eigenvalue weighted by Crippen LogP contribution is -2.42. The van der Waals surface area contributed by atoms with E-state index < -0.39 is 9.84 Å². The highest BCUT2D eigenvalue weighted by molar-refractivity contribution is 7.91. The van der Waals surface area contributed by atoms with Gasteiger partial charge in [-0.25, -0.2) is 8.42 Å². The van der Waals surface area contributed by atoms with Crippen LogP contribution in [0.2, 0.25) is 5.02 Å². The fourth-order valence-electron chi connectivity index (χ4n) is 3.49. The molecule has 0 N–H and O–H groups in total. The summed E-state index contributed by atoms with van der Waals surface area (Å²) in [7, 11) is -3.13. The molecule has 30 heavy (non-hydrogen) atoms. The summed E-state index contributed by atoms with van der Waals surface area (Å²) >= 11 is 6.18. The minimum atomic E-state index is -3.13. The van der Waals surface area contributed by atoms with Crippen molar-refractivity contribution in [2.75, 3.05) is 11.5 Å². The van der Waals surface area contributed by atoms with Gasteiger partial charge < -0.3 is 4.90 Å². The van der Waals surface area contributed by atoms with Crippen molar-refractivity contribution in [1.29, 1.82) is 0 Å². The van der Waals surface area contributed by atoms with E-state index in [4.69, 9.17) is 11.6 Å². The van der Waals surface area contributed by atoms with E-state index in [1.807, 2.05) is 36.4 Å². The van der Waals surface area contributed by atoms with Gasteiger partial charge in [-0.2, -0.15) is 4.80 Å². The van der Waals surface area contributed by atoms with Crippen LogP contribution in [0.3, 0.4) is 0 Å². The Kier molecular flexibility index (Phi) is 5.83. The Hall–Kier alpha value is -2.78. The quantitative estimate of drug-likeness (QED) is 0.577. The van der Waals surface area contributed by atoms with E-state index in [0.717, 1.165) is 5.56 Å². The maximum absolute atomic E-state index is 13.1. The van der Waals surface area contributed by atoms with Crippen molar-refractivity contribution >= 4 is 27.3 Å². The lowest BCUT2D eigenvalue weighted by Gasteiger charge is -2.28. The summed E-state index contributed by atoms with van der Waals surface area (Å²) in [5, 5.41) is 12.7. The van der Waals surface area contributed by atoms with E-state index in [1.54, 1.807) is 23.1 Å². The van der Waals surface area contributed by atoms with Crippen LogP contribution in [0.4, 0.5) is 0 Å². The summed E-state index contributed by atoms with van der Waals surface area (Å²) in [6.07, 6.45) is 0.427. The Bertz CT molecular complexity index is 1150. The number of halogens is 1. The Labute approximate surface area is 179 Å². The van der Waals surface area contributed by atoms with Gasteiger partial charge in [0.1, 0.15) is 6.54 Å². The summed E-state index contributed by atoms with van der Waals surface area (Å²) in [5.74, 6) is 0.130. The first kappa shape index (κ1) is 20.5. The normalized spacial score (nSPS) is 17.7. The molecular weight excluding hydrogens is 426 g/mol. The van der Waals surface area contributed by atoms with Crippen LogP contribution in [0.1, 0.15) is 12.0 Å². The SMILES string of the molecule is O=C(Cn1nnc(-c2ccccc2Cl)n1)N(Cc1ccccc1)[C@H]1CCS(=O)(=O)C1. The van der Waals surface area contributed by atoms with Crippen LogP contribution in [-0.2, 0) is 27.7 Å². The minimum absolute atomic E-state index is 0.0266. The summed E-state index contributed by atoms with van der Waals surface area (Å²) in [6, 6.07) is 16.2. The third-order valence-corrected chi connectivity index (χ3v) is 7.09. The minimum Gasteiger partial charge on any atom is -0.333 e. The van der Waals surface area contributed by atoms with E-state index in [1.165, 1.54) is 4.80 Å². The molecule has 0 aliphatic carbocycles. The molecule has 0 spiro atoms. The van der Waals surface area contributed by atoms with Gasteiger partial charge in [-0.3, -0.25) is 4.79 Å². The van der Waals surface area contributed by atoms with Crippen LogP contribution in [0.15, 0.2) is 54.6 Å². The van der Waals surface area contributed by atoms with Gasteiger partial charge in [-0.1, -0.05) is 54.1 Å². The van der Waals surface area contributed by atoms with E-state index >= 15 is 0 Å². The Morgan fingerprint density at radius 2 is 1.87 bits per heavy atom. The average molecular weight is 446 g/mol. The summed E-state index contributed by atoms with van der Waals surface area (Å²) in [6.45, 7) is 0.187. The number of sulfone groups is 1. The molecular formula is C20H20ClN5O3S. The van der Waals surface area contributed by atoms with E-state index in [-0.39, 0.29) is 30.0 Å². The van der Waals surface area contributed by atoms with Crippen LogP contribution in [-0.4, -0.2) is 57.0 Å². The number of carbonyl (C=O) groups excluding carboxylic acids is 1. The zero-order valence-corrected chi connectivity index (χ0v) is 17.6. The summed E-state index contributed by atoms with van der Waals surface area (Å²) < 4.78 is 24.0. The van der Waals surface area contributed by atoms with E-state index in [2.05, 4.69) is 15.4 Å². The monoisotopic (exact) mass is 445 g/mol. The van der Waals surface area contributed by atoms with Gasteiger partial charge >= 0.3 is 0 Å². The Balaban J connectivity index is 1.54. The van der Waals surface area contributed by atoms with Gasteiger partial charge in [-0.05, 0) is 29.3 Å². The van der Waals surface area contributed by atoms with E-state index in [9.17, 15) is 13.2 Å². The molecule has 0 radical (unpaired) electrons. The van der Waals surface area contributed by atoms with Crippen LogP contribution in [0.25, 0.3) is 11.4 Å². The highest BCUT2D eigenvalue weighted by atomic mass is 35.5. The van der Waals surface area contributed by atoms with Gasteiger partial charge in [0.15, 0.2) is 9.84 Å². The zero-order chi connectivity index (χ0) is 21.1. The number of hydrogen-bond acceptors (Lipinski definition) is 6. The maximum atomic E-state index is 13.1. The number of rotatable bonds is 6. The average Bonchev–Trinajstić information content (AvgIpc) is 3.33. The molecule has 4 rings (SSSR count). The fraction of sp³-hybridized carbons (Fsp3) is 0.300. The molecule has 1 saturated heterocycles. The third-order valence-electron chi connectivity index (χ3n) is 5.01. The second-order valence-electron chi connectivity index (χ2n) is 7.19. The first-order valence-electron chi connectivity index (χ1n) is 9.48. The molecule has 0 saturated carbocycles. The predicted octanol–water partition coefficient (Wildman–Crippen LogP) is 2.21. The Morgan fingerprint density at radius 3 is 2.57 bits per heavy atom. The van der Waals surface area contributed by atoms with Gasteiger partial charge in [0.25, 0.3) is 0 Å². The molecule has 2 aromatic carbocycles. The largest absolute Gasteiger partial charge is 0.333 e. The van der Waals surface area contributed by atoms with Crippen LogP contribution >= 0.6 is 11.6 Å². The van der Waals surface area contributed by atoms with Gasteiger partial charge in [0, 0.05) is 18.2 Å². The molecule has 0 unspecified atom stereocenters. The number of amides is 1.